The van der Waals surface area contributed by atoms with Crippen molar-refractivity contribution in [3.05, 3.63) is 24.3 Å². The van der Waals surface area contributed by atoms with Crippen LogP contribution in [0.25, 0.3) is 0 Å². The molecule has 1 aromatic carbocycles. The smallest absolute Gasteiger partial charge is 0.227 e. The topological polar surface area (TPSA) is 52.7 Å². The minimum absolute atomic E-state index is 0.0929. The Morgan fingerprint density at radius 1 is 0.897 bits per heavy atom. The van der Waals surface area contributed by atoms with Gasteiger partial charge in [-0.25, -0.2) is 0 Å². The maximum absolute atomic E-state index is 12.6. The molecule has 1 aliphatic rings. The molecule has 29 heavy (non-hydrogen) atoms. The van der Waals surface area contributed by atoms with E-state index in [9.17, 15) is 9.59 Å². The van der Waals surface area contributed by atoms with Gasteiger partial charge in [-0.1, -0.05) is 40.5 Å². The van der Waals surface area contributed by atoms with E-state index in [1.165, 1.54) is 0 Å². The molecule has 5 heteroatoms. The molecule has 1 unspecified atom stereocenters. The first-order chi connectivity index (χ1) is 14.0. The van der Waals surface area contributed by atoms with Gasteiger partial charge in [-0.2, -0.15) is 0 Å². The van der Waals surface area contributed by atoms with Gasteiger partial charge in [0.1, 0.15) is 0 Å². The molecule has 2 rings (SSSR count). The third kappa shape index (κ3) is 6.48. The number of nitrogens with zero attached hydrogens (tertiary/aromatic N) is 2. The van der Waals surface area contributed by atoms with Gasteiger partial charge < -0.3 is 15.1 Å². The number of hydrogen-bond donors (Lipinski definition) is 1. The minimum Gasteiger partial charge on any atom is -0.368 e. The second-order valence-electron chi connectivity index (χ2n) is 8.11. The molecular formula is C24H39N3O2. The zero-order chi connectivity index (χ0) is 21.2. The maximum atomic E-state index is 12.6. The van der Waals surface area contributed by atoms with Crippen LogP contribution in [0.2, 0.25) is 0 Å². The molecule has 1 heterocycles. The fourth-order valence-corrected chi connectivity index (χ4v) is 4.05. The first-order valence-electron chi connectivity index (χ1n) is 11.5. The van der Waals surface area contributed by atoms with Gasteiger partial charge in [0.25, 0.3) is 0 Å². The molecular weight excluding hydrogens is 362 g/mol. The molecule has 1 aliphatic heterocycles. The van der Waals surface area contributed by atoms with Gasteiger partial charge in [-0.15, -0.1) is 0 Å². The molecule has 0 spiro atoms. The Hall–Kier alpha value is -2.04. The number of carbonyl (C=O) groups is 2. The van der Waals surface area contributed by atoms with Crippen molar-refractivity contribution in [1.29, 1.82) is 0 Å². The minimum atomic E-state index is 0.0929. The highest BCUT2D eigenvalue weighted by Crippen LogP contribution is 2.22. The van der Waals surface area contributed by atoms with Crippen molar-refractivity contribution in [2.24, 2.45) is 11.8 Å². The Morgan fingerprint density at radius 3 is 2.00 bits per heavy atom. The first-order valence-corrected chi connectivity index (χ1v) is 11.5. The Balaban J connectivity index is 1.88. The third-order valence-electron chi connectivity index (χ3n) is 6.20. The lowest BCUT2D eigenvalue weighted by molar-refractivity contribution is -0.136. The van der Waals surface area contributed by atoms with E-state index in [1.807, 2.05) is 17.0 Å². The van der Waals surface area contributed by atoms with Crippen LogP contribution in [0.15, 0.2) is 24.3 Å². The van der Waals surface area contributed by atoms with Crippen molar-refractivity contribution in [1.82, 2.24) is 4.90 Å². The summed E-state index contributed by atoms with van der Waals surface area (Å²) < 4.78 is 0. The Labute approximate surface area is 176 Å². The van der Waals surface area contributed by atoms with Crippen LogP contribution in [0, 0.1) is 11.8 Å². The zero-order valence-electron chi connectivity index (χ0n) is 18.7. The fourth-order valence-electron chi connectivity index (χ4n) is 4.05. The van der Waals surface area contributed by atoms with Crippen molar-refractivity contribution in [3.63, 3.8) is 0 Å². The van der Waals surface area contributed by atoms with Crippen molar-refractivity contribution in [3.8, 4) is 0 Å². The number of benzene rings is 1. The Kier molecular flexibility index (Phi) is 9.49. The second kappa shape index (κ2) is 11.8. The van der Waals surface area contributed by atoms with Crippen LogP contribution < -0.4 is 10.2 Å². The average Bonchev–Trinajstić information content (AvgIpc) is 2.75. The summed E-state index contributed by atoms with van der Waals surface area (Å²) in [6.07, 6.45) is 5.88. The van der Waals surface area contributed by atoms with Crippen molar-refractivity contribution < 1.29 is 9.59 Å². The molecule has 0 radical (unpaired) electrons. The Bertz CT molecular complexity index is 632. The largest absolute Gasteiger partial charge is 0.368 e. The van der Waals surface area contributed by atoms with Gasteiger partial charge in [-0.05, 0) is 49.9 Å². The number of amides is 2. The standard InChI is InChI=1S/C24H39N3O2/c1-5-9-10-20(8-4)23(28)25-21-11-13-22(14-12-21)26-15-17-27(18-16-26)24(29)19(6-2)7-3/h11-14,19-20H,5-10,15-18H2,1-4H3,(H,25,28). The van der Waals surface area contributed by atoms with Crippen molar-refractivity contribution >= 4 is 23.2 Å². The number of piperazine rings is 1. The van der Waals surface area contributed by atoms with Crippen molar-refractivity contribution in [2.75, 3.05) is 36.4 Å². The van der Waals surface area contributed by atoms with E-state index in [-0.39, 0.29) is 17.7 Å². The lowest BCUT2D eigenvalue weighted by Gasteiger charge is -2.37. The van der Waals surface area contributed by atoms with E-state index < -0.39 is 0 Å². The molecule has 162 valence electrons. The van der Waals surface area contributed by atoms with Gasteiger partial charge in [0.05, 0.1) is 0 Å². The first kappa shape index (κ1) is 23.2. The SMILES string of the molecule is CCCCC(CC)C(=O)Nc1ccc(N2CCN(C(=O)C(CC)CC)CC2)cc1. The van der Waals surface area contributed by atoms with Crippen molar-refractivity contribution in [2.45, 2.75) is 66.2 Å². The van der Waals surface area contributed by atoms with Gasteiger partial charge in [-0.3, -0.25) is 9.59 Å². The summed E-state index contributed by atoms with van der Waals surface area (Å²) in [5.41, 5.74) is 2.01. The van der Waals surface area contributed by atoms with Crippen LogP contribution in [0.4, 0.5) is 11.4 Å². The summed E-state index contributed by atoms with van der Waals surface area (Å²) in [6, 6.07) is 8.12. The number of hydrogen-bond acceptors (Lipinski definition) is 3. The molecule has 0 aliphatic carbocycles. The molecule has 1 N–H and O–H groups in total. The summed E-state index contributed by atoms with van der Waals surface area (Å²) in [6.45, 7) is 11.7. The number of unbranched alkanes of at least 4 members (excludes halogenated alkanes) is 1. The van der Waals surface area contributed by atoms with Gasteiger partial charge in [0.2, 0.25) is 11.8 Å². The van der Waals surface area contributed by atoms with E-state index in [1.54, 1.807) is 0 Å². The monoisotopic (exact) mass is 401 g/mol. The molecule has 2 amide bonds. The highest BCUT2D eigenvalue weighted by molar-refractivity contribution is 5.92. The summed E-state index contributed by atoms with van der Waals surface area (Å²) in [4.78, 5) is 29.4. The van der Waals surface area contributed by atoms with Crippen LogP contribution in [0.1, 0.15) is 66.2 Å². The Morgan fingerprint density at radius 2 is 1.48 bits per heavy atom. The van der Waals surface area contributed by atoms with E-state index in [2.05, 4.69) is 50.0 Å². The molecule has 1 atom stereocenters. The van der Waals surface area contributed by atoms with Gasteiger partial charge >= 0.3 is 0 Å². The predicted molar refractivity (Wildman–Crippen MR) is 121 cm³/mol. The predicted octanol–water partition coefficient (Wildman–Crippen LogP) is 4.93. The molecule has 1 saturated heterocycles. The fraction of sp³-hybridized carbons (Fsp3) is 0.667. The maximum Gasteiger partial charge on any atom is 0.227 e. The summed E-state index contributed by atoms with van der Waals surface area (Å²) in [7, 11) is 0. The quantitative estimate of drug-likeness (QED) is 0.605. The molecule has 1 aromatic rings. The summed E-state index contributed by atoms with van der Waals surface area (Å²) in [5, 5.41) is 3.07. The average molecular weight is 402 g/mol. The zero-order valence-corrected chi connectivity index (χ0v) is 18.7. The molecule has 0 bridgehead atoms. The number of carbonyl (C=O) groups excluding carboxylic acids is 2. The van der Waals surface area contributed by atoms with Crippen LogP contribution >= 0.6 is 0 Å². The lowest BCUT2D eigenvalue weighted by Crippen LogP contribution is -2.50. The number of rotatable bonds is 10. The van der Waals surface area contributed by atoms with E-state index in [0.717, 1.165) is 76.1 Å². The number of anilines is 2. The summed E-state index contributed by atoms with van der Waals surface area (Å²) in [5.74, 6) is 0.688. The molecule has 0 saturated carbocycles. The van der Waals surface area contributed by atoms with Crippen LogP contribution in [0.5, 0.6) is 0 Å². The van der Waals surface area contributed by atoms with E-state index in [0.29, 0.717) is 5.91 Å². The molecule has 1 fully saturated rings. The highest BCUT2D eigenvalue weighted by atomic mass is 16.2. The summed E-state index contributed by atoms with van der Waals surface area (Å²) >= 11 is 0. The molecule has 5 nitrogen and oxygen atoms in total. The van der Waals surface area contributed by atoms with Crippen LogP contribution in [-0.4, -0.2) is 42.9 Å². The second-order valence-corrected chi connectivity index (χ2v) is 8.11. The van der Waals surface area contributed by atoms with Gasteiger partial charge in [0.15, 0.2) is 0 Å². The van der Waals surface area contributed by atoms with E-state index in [4.69, 9.17) is 0 Å². The number of nitrogens with one attached hydrogen (secondary N) is 1. The third-order valence-corrected chi connectivity index (χ3v) is 6.20. The van der Waals surface area contributed by atoms with E-state index >= 15 is 0 Å². The van der Waals surface area contributed by atoms with Crippen LogP contribution in [0.3, 0.4) is 0 Å². The normalized spacial score (nSPS) is 15.5. The highest BCUT2D eigenvalue weighted by Gasteiger charge is 2.25. The van der Waals surface area contributed by atoms with Crippen LogP contribution in [-0.2, 0) is 9.59 Å². The molecule has 0 aromatic heterocycles. The van der Waals surface area contributed by atoms with Gasteiger partial charge in [0, 0.05) is 49.4 Å². The lowest BCUT2D eigenvalue weighted by atomic mass is 9.98.